The standard InChI is InChI=1S/C21H18F3N7O3S/c22-21(23,24)19-28-18(29-34-19)15-12-26-20(27-13-15)30-8-10-31(11-9-30)35(32,33)16-5-3-14(4-6-16)17-2-1-7-25-17/h1-7,12-13,25H,8-11H2. The van der Waals surface area contributed by atoms with Gasteiger partial charge in [-0.15, -0.1) is 0 Å². The van der Waals surface area contributed by atoms with Crippen LogP contribution in [0.5, 0.6) is 0 Å². The van der Waals surface area contributed by atoms with Gasteiger partial charge >= 0.3 is 12.1 Å². The minimum Gasteiger partial charge on any atom is -0.361 e. The van der Waals surface area contributed by atoms with Gasteiger partial charge in [0.2, 0.25) is 21.8 Å². The highest BCUT2D eigenvalue weighted by atomic mass is 32.2. The topological polar surface area (TPSA) is 121 Å². The minimum atomic E-state index is -4.74. The predicted molar refractivity (Wildman–Crippen MR) is 118 cm³/mol. The summed E-state index contributed by atoms with van der Waals surface area (Å²) in [6, 6.07) is 10.5. The number of sulfonamides is 1. The molecular weight excluding hydrogens is 487 g/mol. The largest absolute Gasteiger partial charge is 0.471 e. The SMILES string of the molecule is O=S(=O)(c1ccc(-c2ccc[nH]2)cc1)N1CCN(c2ncc(-c3noc(C(F)(F)F)n3)cn2)CC1. The maximum atomic E-state index is 13.1. The quantitative estimate of drug-likeness (QED) is 0.439. The van der Waals surface area contributed by atoms with Gasteiger partial charge in [-0.1, -0.05) is 17.3 Å². The molecule has 0 aliphatic carbocycles. The highest BCUT2D eigenvalue weighted by Gasteiger charge is 2.38. The number of anilines is 1. The van der Waals surface area contributed by atoms with E-state index in [-0.39, 0.29) is 29.4 Å². The Balaban J connectivity index is 1.23. The molecular formula is C21H18F3N7O3S. The van der Waals surface area contributed by atoms with Crippen LogP contribution < -0.4 is 4.90 Å². The highest BCUT2D eigenvalue weighted by molar-refractivity contribution is 7.89. The summed E-state index contributed by atoms with van der Waals surface area (Å²) in [6.45, 7) is 1.15. The maximum Gasteiger partial charge on any atom is 0.471 e. The first-order chi connectivity index (χ1) is 16.7. The number of H-pyrrole nitrogens is 1. The molecule has 1 aliphatic heterocycles. The molecule has 0 radical (unpaired) electrons. The van der Waals surface area contributed by atoms with Crippen molar-refractivity contribution in [2.24, 2.45) is 0 Å². The van der Waals surface area contributed by atoms with Gasteiger partial charge in [0.15, 0.2) is 0 Å². The summed E-state index contributed by atoms with van der Waals surface area (Å²) in [6.07, 6.45) is -0.355. The number of rotatable bonds is 5. The second-order valence-electron chi connectivity index (χ2n) is 7.69. The van der Waals surface area contributed by atoms with Crippen molar-refractivity contribution in [2.45, 2.75) is 11.1 Å². The third-order valence-corrected chi connectivity index (χ3v) is 7.40. The number of hydrogen-bond donors (Lipinski definition) is 1. The monoisotopic (exact) mass is 505 g/mol. The van der Waals surface area contributed by atoms with Crippen LogP contribution in [0.2, 0.25) is 0 Å². The van der Waals surface area contributed by atoms with Crippen molar-refractivity contribution in [1.29, 1.82) is 0 Å². The molecule has 14 heteroatoms. The lowest BCUT2D eigenvalue weighted by atomic mass is 10.2. The number of nitrogens with one attached hydrogen (secondary N) is 1. The van der Waals surface area contributed by atoms with Crippen LogP contribution in [-0.4, -0.2) is 64.0 Å². The third-order valence-electron chi connectivity index (χ3n) is 5.49. The van der Waals surface area contributed by atoms with E-state index in [1.54, 1.807) is 35.4 Å². The van der Waals surface area contributed by atoms with Crippen LogP contribution in [0.25, 0.3) is 22.6 Å². The summed E-state index contributed by atoms with van der Waals surface area (Å²) in [5.41, 5.74) is 1.94. The van der Waals surface area contributed by atoms with Gasteiger partial charge in [-0.3, -0.25) is 0 Å². The van der Waals surface area contributed by atoms with E-state index in [0.29, 0.717) is 19.0 Å². The van der Waals surface area contributed by atoms with E-state index >= 15 is 0 Å². The van der Waals surface area contributed by atoms with E-state index in [2.05, 4.69) is 29.6 Å². The van der Waals surface area contributed by atoms with Crippen LogP contribution in [0, 0.1) is 0 Å². The summed E-state index contributed by atoms with van der Waals surface area (Å²) in [5.74, 6) is -1.41. The Labute approximate surface area is 197 Å². The number of halogens is 3. The molecule has 1 fully saturated rings. The van der Waals surface area contributed by atoms with Gasteiger partial charge in [0.1, 0.15) is 0 Å². The smallest absolute Gasteiger partial charge is 0.361 e. The number of alkyl halides is 3. The fourth-order valence-corrected chi connectivity index (χ4v) is 5.07. The molecule has 3 aromatic heterocycles. The molecule has 1 aromatic carbocycles. The van der Waals surface area contributed by atoms with Gasteiger partial charge in [-0.05, 0) is 29.8 Å². The molecule has 10 nitrogen and oxygen atoms in total. The van der Waals surface area contributed by atoms with Gasteiger partial charge in [0, 0.05) is 50.5 Å². The molecule has 4 aromatic rings. The van der Waals surface area contributed by atoms with E-state index in [4.69, 9.17) is 0 Å². The maximum absolute atomic E-state index is 13.1. The van der Waals surface area contributed by atoms with Gasteiger partial charge in [0.25, 0.3) is 0 Å². The molecule has 35 heavy (non-hydrogen) atoms. The second kappa shape index (κ2) is 8.78. The molecule has 1 N–H and O–H groups in total. The Hall–Kier alpha value is -3.78. The number of aromatic amines is 1. The van der Waals surface area contributed by atoms with Crippen LogP contribution in [0.1, 0.15) is 5.89 Å². The Morgan fingerprint density at radius 1 is 0.943 bits per heavy atom. The van der Waals surface area contributed by atoms with E-state index in [1.807, 2.05) is 12.1 Å². The molecule has 182 valence electrons. The van der Waals surface area contributed by atoms with E-state index in [9.17, 15) is 21.6 Å². The first-order valence-electron chi connectivity index (χ1n) is 10.4. The number of piperazine rings is 1. The van der Waals surface area contributed by atoms with Crippen LogP contribution in [0.15, 0.2) is 64.4 Å². The minimum absolute atomic E-state index is 0.164. The van der Waals surface area contributed by atoms with E-state index < -0.39 is 22.1 Å². The Bertz CT molecular complexity index is 1400. The van der Waals surface area contributed by atoms with Gasteiger partial charge in [-0.2, -0.15) is 22.5 Å². The average Bonchev–Trinajstić information content (AvgIpc) is 3.57. The van der Waals surface area contributed by atoms with Crippen molar-refractivity contribution >= 4 is 16.0 Å². The number of hydrogen-bond acceptors (Lipinski definition) is 8. The zero-order chi connectivity index (χ0) is 24.6. The molecule has 0 saturated carbocycles. The lowest BCUT2D eigenvalue weighted by Crippen LogP contribution is -2.49. The summed E-state index contributed by atoms with van der Waals surface area (Å²) in [4.78, 5) is 16.7. The Morgan fingerprint density at radius 2 is 1.63 bits per heavy atom. The van der Waals surface area contributed by atoms with Gasteiger partial charge in [-0.25, -0.2) is 18.4 Å². The zero-order valence-electron chi connectivity index (χ0n) is 18.0. The molecule has 1 saturated heterocycles. The van der Waals surface area contributed by atoms with Crippen molar-refractivity contribution in [3.8, 4) is 22.6 Å². The van der Waals surface area contributed by atoms with Crippen molar-refractivity contribution in [1.82, 2.24) is 29.4 Å². The molecule has 0 bridgehead atoms. The van der Waals surface area contributed by atoms with Crippen LogP contribution >= 0.6 is 0 Å². The normalized spacial score (nSPS) is 15.5. The van der Waals surface area contributed by atoms with E-state index in [0.717, 1.165) is 11.3 Å². The number of nitrogens with zero attached hydrogens (tertiary/aromatic N) is 6. The zero-order valence-corrected chi connectivity index (χ0v) is 18.8. The Morgan fingerprint density at radius 3 is 2.20 bits per heavy atom. The lowest BCUT2D eigenvalue weighted by Gasteiger charge is -2.33. The van der Waals surface area contributed by atoms with Crippen LogP contribution in [-0.2, 0) is 16.2 Å². The molecule has 5 rings (SSSR count). The highest BCUT2D eigenvalue weighted by Crippen LogP contribution is 2.29. The first kappa shape index (κ1) is 23.0. The first-order valence-corrected chi connectivity index (χ1v) is 11.9. The molecule has 1 aliphatic rings. The van der Waals surface area contributed by atoms with Crippen molar-refractivity contribution in [3.63, 3.8) is 0 Å². The number of aromatic nitrogens is 5. The summed E-state index contributed by atoms with van der Waals surface area (Å²) in [5, 5.41) is 3.31. The molecule has 0 atom stereocenters. The molecule has 0 amide bonds. The Kier molecular flexibility index (Phi) is 5.76. The summed E-state index contributed by atoms with van der Waals surface area (Å²) >= 11 is 0. The van der Waals surface area contributed by atoms with Crippen molar-refractivity contribution in [3.05, 3.63) is 60.9 Å². The van der Waals surface area contributed by atoms with Gasteiger partial charge < -0.3 is 14.4 Å². The molecule has 0 unspecified atom stereocenters. The summed E-state index contributed by atoms with van der Waals surface area (Å²) < 4.78 is 69.7. The molecule has 0 spiro atoms. The van der Waals surface area contributed by atoms with Crippen molar-refractivity contribution < 1.29 is 26.1 Å². The molecule has 4 heterocycles. The van der Waals surface area contributed by atoms with Crippen molar-refractivity contribution in [2.75, 3.05) is 31.1 Å². The van der Waals surface area contributed by atoms with Crippen LogP contribution in [0.3, 0.4) is 0 Å². The second-order valence-corrected chi connectivity index (χ2v) is 9.63. The van der Waals surface area contributed by atoms with Crippen LogP contribution in [0.4, 0.5) is 19.1 Å². The third kappa shape index (κ3) is 4.61. The number of benzene rings is 1. The van der Waals surface area contributed by atoms with Gasteiger partial charge in [0.05, 0.1) is 10.5 Å². The average molecular weight is 505 g/mol. The predicted octanol–water partition coefficient (Wildman–Crippen LogP) is 3.05. The summed E-state index contributed by atoms with van der Waals surface area (Å²) in [7, 11) is -3.67. The van der Waals surface area contributed by atoms with E-state index in [1.165, 1.54) is 16.7 Å². The fraction of sp³-hybridized carbons (Fsp3) is 0.238. The lowest BCUT2D eigenvalue weighted by molar-refractivity contribution is -0.159. The fourth-order valence-electron chi connectivity index (χ4n) is 3.65.